The number of hydrogen-bond donors (Lipinski definition) is 2. The van der Waals surface area contributed by atoms with Crippen LogP contribution < -0.4 is 15.0 Å². The highest BCUT2D eigenvalue weighted by Gasteiger charge is 2.36. The molecular weight excluding hydrogens is 396 g/mol. The molecule has 2 N–H and O–H groups in total. The molecule has 0 saturated carbocycles. The highest BCUT2D eigenvalue weighted by molar-refractivity contribution is 7.71. The van der Waals surface area contributed by atoms with Crippen LogP contribution in [0.25, 0.3) is 0 Å². The molecular formula is C19H22N4O5S. The van der Waals surface area contributed by atoms with Crippen LogP contribution in [0.4, 0.5) is 0 Å². The van der Waals surface area contributed by atoms with Crippen molar-refractivity contribution in [2.45, 2.75) is 25.8 Å². The van der Waals surface area contributed by atoms with Crippen molar-refractivity contribution in [3.05, 3.63) is 44.5 Å². The molecule has 1 amide bonds. The van der Waals surface area contributed by atoms with E-state index >= 15 is 0 Å². The summed E-state index contributed by atoms with van der Waals surface area (Å²) in [5.41, 5.74) is 0.439. The van der Waals surface area contributed by atoms with E-state index < -0.39 is 11.6 Å². The highest BCUT2D eigenvalue weighted by Crippen LogP contribution is 2.39. The molecule has 0 saturated heterocycles. The van der Waals surface area contributed by atoms with E-state index in [2.05, 4.69) is 10.1 Å². The van der Waals surface area contributed by atoms with Gasteiger partial charge in [-0.15, -0.1) is 0 Å². The zero-order valence-electron chi connectivity index (χ0n) is 16.6. The largest absolute Gasteiger partial charge is 0.497 e. The molecule has 29 heavy (non-hydrogen) atoms. The number of H-pyrrole nitrogens is 1. The first-order chi connectivity index (χ1) is 13.8. The second kappa shape index (κ2) is 8.08. The van der Waals surface area contributed by atoms with E-state index in [4.69, 9.17) is 21.7 Å². The van der Waals surface area contributed by atoms with Gasteiger partial charge in [-0.05, 0) is 24.4 Å². The number of methoxy groups -OCH3 is 2. The van der Waals surface area contributed by atoms with Gasteiger partial charge in [0, 0.05) is 31.5 Å². The molecule has 1 aliphatic rings. The third-order valence-corrected chi connectivity index (χ3v) is 5.23. The Bertz CT molecular complexity index is 1100. The smallest absolute Gasteiger partial charge is 0.264 e. The fraction of sp³-hybridized carbons (Fsp3) is 0.368. The molecule has 9 nitrogen and oxygen atoms in total. The number of aromatic nitrogens is 2. The maximum atomic E-state index is 12.6. The van der Waals surface area contributed by atoms with E-state index in [-0.39, 0.29) is 35.0 Å². The summed E-state index contributed by atoms with van der Waals surface area (Å²) < 4.78 is 12.1. The van der Waals surface area contributed by atoms with Crippen molar-refractivity contribution >= 4 is 23.8 Å². The normalized spacial score (nSPS) is 15.9. The van der Waals surface area contributed by atoms with Crippen molar-refractivity contribution in [3.8, 4) is 17.4 Å². The van der Waals surface area contributed by atoms with Crippen molar-refractivity contribution in [2.75, 3.05) is 14.2 Å². The molecule has 0 spiro atoms. The monoisotopic (exact) mass is 418 g/mol. The summed E-state index contributed by atoms with van der Waals surface area (Å²) in [4.78, 5) is 27.6. The van der Waals surface area contributed by atoms with E-state index in [1.165, 1.54) is 23.7 Å². The third-order valence-electron chi connectivity index (χ3n) is 4.85. The highest BCUT2D eigenvalue weighted by atomic mass is 32.1. The van der Waals surface area contributed by atoms with Crippen molar-refractivity contribution in [1.29, 1.82) is 0 Å². The summed E-state index contributed by atoms with van der Waals surface area (Å²) in [6, 6.07) is 4.79. The number of aromatic hydroxyl groups is 1. The van der Waals surface area contributed by atoms with E-state index in [9.17, 15) is 14.7 Å². The summed E-state index contributed by atoms with van der Waals surface area (Å²) in [6.07, 6.45) is 0.453. The van der Waals surface area contributed by atoms with Gasteiger partial charge >= 0.3 is 0 Å². The number of hydrazone groups is 1. The van der Waals surface area contributed by atoms with E-state index in [0.717, 1.165) is 0 Å². The molecule has 1 aliphatic heterocycles. The lowest BCUT2D eigenvalue weighted by molar-refractivity contribution is -0.132. The molecule has 0 aliphatic carbocycles. The first-order valence-electron chi connectivity index (χ1n) is 8.96. The van der Waals surface area contributed by atoms with Gasteiger partial charge in [-0.3, -0.25) is 19.1 Å². The molecule has 1 atom stereocenters. The number of ether oxygens (including phenoxy) is 2. The van der Waals surface area contributed by atoms with Gasteiger partial charge in [0.15, 0.2) is 4.77 Å². The number of carbonyl (C=O) groups excluding carboxylic acids is 1. The van der Waals surface area contributed by atoms with Crippen LogP contribution in [0.1, 0.15) is 36.9 Å². The van der Waals surface area contributed by atoms with Crippen LogP contribution in [0.5, 0.6) is 17.4 Å². The standard InChI is InChI=1S/C19H22N4O5S/c1-5-15(24)23-13(11-7-6-10(27-3)8-14(11)28-4)9-12(21-23)16-17(25)20-19(29)22(2)18(16)26/h6-8,13,26H,5,9H2,1-4H3,(H,20,25,29)/t13-/m0/s1. The Kier molecular flexibility index (Phi) is 5.73. The average molecular weight is 418 g/mol. The summed E-state index contributed by atoms with van der Waals surface area (Å²) in [7, 11) is 4.61. The number of nitrogens with one attached hydrogen (secondary N) is 1. The Labute approximate surface area is 172 Å². The second-order valence-corrected chi connectivity index (χ2v) is 6.87. The maximum absolute atomic E-state index is 12.6. The number of aromatic amines is 1. The van der Waals surface area contributed by atoms with Gasteiger partial charge < -0.3 is 14.6 Å². The Hall–Kier alpha value is -3.14. The number of benzene rings is 1. The van der Waals surface area contributed by atoms with Crippen LogP contribution in [0.2, 0.25) is 0 Å². The lowest BCUT2D eigenvalue weighted by atomic mass is 9.98. The zero-order chi connectivity index (χ0) is 21.3. The fourth-order valence-corrected chi connectivity index (χ4v) is 3.44. The van der Waals surface area contributed by atoms with E-state index in [0.29, 0.717) is 22.8 Å². The van der Waals surface area contributed by atoms with Gasteiger partial charge in [0.05, 0.1) is 26.0 Å². The second-order valence-electron chi connectivity index (χ2n) is 6.48. The van der Waals surface area contributed by atoms with E-state index in [1.54, 1.807) is 32.2 Å². The number of nitrogens with zero attached hydrogens (tertiary/aromatic N) is 3. The molecule has 10 heteroatoms. The van der Waals surface area contributed by atoms with Gasteiger partial charge in [0.1, 0.15) is 17.1 Å². The predicted octanol–water partition coefficient (Wildman–Crippen LogP) is 2.25. The van der Waals surface area contributed by atoms with Crippen LogP contribution in [-0.2, 0) is 11.8 Å². The molecule has 2 aromatic rings. The van der Waals surface area contributed by atoms with Crippen LogP contribution in [0.15, 0.2) is 28.1 Å². The van der Waals surface area contributed by atoms with Crippen LogP contribution in [-0.4, -0.2) is 45.5 Å². The molecule has 3 rings (SSSR count). The van der Waals surface area contributed by atoms with Gasteiger partial charge in [0.2, 0.25) is 11.8 Å². The SMILES string of the molecule is CCC(=O)N1N=C(c2c(O)n(C)c(=S)[nH]c2=O)C[C@H]1c1ccc(OC)cc1OC. The van der Waals surface area contributed by atoms with Gasteiger partial charge in [0.25, 0.3) is 5.56 Å². The fourth-order valence-electron chi connectivity index (χ4n) is 3.26. The number of carbonyl (C=O) groups is 1. The summed E-state index contributed by atoms with van der Waals surface area (Å²) >= 11 is 5.02. The minimum absolute atomic E-state index is 0.00928. The quantitative estimate of drug-likeness (QED) is 0.721. The van der Waals surface area contributed by atoms with Gasteiger partial charge in [-0.1, -0.05) is 6.92 Å². The first kappa shape index (κ1) is 20.6. The molecule has 154 valence electrons. The Morgan fingerprint density at radius 1 is 1.38 bits per heavy atom. The summed E-state index contributed by atoms with van der Waals surface area (Å²) in [5, 5.41) is 16.2. The minimum Gasteiger partial charge on any atom is -0.497 e. The molecule has 2 heterocycles. The van der Waals surface area contributed by atoms with Crippen molar-refractivity contribution in [2.24, 2.45) is 12.1 Å². The molecule has 1 aromatic heterocycles. The topological polar surface area (TPSA) is 109 Å². The molecule has 0 fully saturated rings. The number of rotatable bonds is 5. The molecule has 0 unspecified atom stereocenters. The van der Waals surface area contributed by atoms with Crippen LogP contribution in [0.3, 0.4) is 0 Å². The molecule has 0 radical (unpaired) electrons. The van der Waals surface area contributed by atoms with E-state index in [1.807, 2.05) is 0 Å². The molecule has 1 aromatic carbocycles. The maximum Gasteiger partial charge on any atom is 0.264 e. The van der Waals surface area contributed by atoms with Crippen molar-refractivity contribution < 1.29 is 19.4 Å². The zero-order valence-corrected chi connectivity index (χ0v) is 17.4. The first-order valence-corrected chi connectivity index (χ1v) is 9.37. The van der Waals surface area contributed by atoms with Crippen LogP contribution >= 0.6 is 12.2 Å². The molecule has 0 bridgehead atoms. The predicted molar refractivity (Wildman–Crippen MR) is 109 cm³/mol. The van der Waals surface area contributed by atoms with Gasteiger partial charge in [-0.25, -0.2) is 5.01 Å². The number of hydrogen-bond acceptors (Lipinski definition) is 7. The Morgan fingerprint density at radius 3 is 2.72 bits per heavy atom. The average Bonchev–Trinajstić information content (AvgIpc) is 3.15. The Balaban J connectivity index is 2.12. The lowest BCUT2D eigenvalue weighted by Gasteiger charge is -2.23. The third kappa shape index (κ3) is 3.63. The Morgan fingerprint density at radius 2 is 2.10 bits per heavy atom. The van der Waals surface area contributed by atoms with Crippen LogP contribution in [0, 0.1) is 4.77 Å². The van der Waals surface area contributed by atoms with Gasteiger partial charge in [-0.2, -0.15) is 5.10 Å². The minimum atomic E-state index is -0.560. The van der Waals surface area contributed by atoms with Crippen molar-refractivity contribution in [1.82, 2.24) is 14.6 Å². The summed E-state index contributed by atoms with van der Waals surface area (Å²) in [5.74, 6) is 0.622. The summed E-state index contributed by atoms with van der Waals surface area (Å²) in [6.45, 7) is 1.73. The lowest BCUT2D eigenvalue weighted by Crippen LogP contribution is -2.26. The number of amides is 1. The van der Waals surface area contributed by atoms with Crippen molar-refractivity contribution in [3.63, 3.8) is 0 Å².